The van der Waals surface area contributed by atoms with Crippen molar-refractivity contribution in [3.63, 3.8) is 0 Å². The molecule has 0 amide bonds. The van der Waals surface area contributed by atoms with Gasteiger partial charge in [0.1, 0.15) is 5.58 Å². The Hall–Kier alpha value is -6.04. The van der Waals surface area contributed by atoms with Crippen LogP contribution in [0.15, 0.2) is 150 Å². The molecular formula is C43H29BN2O2. The summed E-state index contributed by atoms with van der Waals surface area (Å²) in [5, 5.41) is 15.8. The van der Waals surface area contributed by atoms with Crippen molar-refractivity contribution < 1.29 is 9.44 Å². The van der Waals surface area contributed by atoms with E-state index in [4.69, 9.17) is 4.42 Å². The van der Waals surface area contributed by atoms with Crippen LogP contribution in [0.4, 0.5) is 0 Å². The molecule has 6 aromatic carbocycles. The molecule has 1 aliphatic carbocycles. The monoisotopic (exact) mass is 616 g/mol. The van der Waals surface area contributed by atoms with Crippen LogP contribution in [-0.4, -0.2) is 21.6 Å². The molecule has 0 spiro atoms. The molecule has 10 rings (SSSR count). The van der Waals surface area contributed by atoms with E-state index in [0.29, 0.717) is 0 Å². The Bertz CT molecular complexity index is 2800. The first kappa shape index (κ1) is 27.1. The van der Waals surface area contributed by atoms with Gasteiger partial charge in [-0.25, -0.2) is 0 Å². The third kappa shape index (κ3) is 3.89. The van der Waals surface area contributed by atoms with Crippen molar-refractivity contribution in [3.8, 4) is 11.4 Å². The fourth-order valence-corrected chi connectivity index (χ4v) is 7.81. The lowest BCUT2D eigenvalue weighted by atomic mass is 9.87. The number of hydrogen-bond acceptors (Lipinski definition) is 2. The van der Waals surface area contributed by atoms with Crippen molar-refractivity contribution in [1.29, 1.82) is 0 Å². The Kier molecular flexibility index (Phi) is 5.93. The topological polar surface area (TPSA) is 43.2 Å². The highest BCUT2D eigenvalue weighted by Crippen LogP contribution is 2.40. The molecular weight excluding hydrogens is 587 g/mol. The van der Waals surface area contributed by atoms with E-state index in [2.05, 4.69) is 149 Å². The maximum atomic E-state index is 10.0. The molecule has 3 aromatic heterocycles. The zero-order valence-corrected chi connectivity index (χ0v) is 26.1. The predicted molar refractivity (Wildman–Crippen MR) is 201 cm³/mol. The average molecular weight is 617 g/mol. The van der Waals surface area contributed by atoms with Gasteiger partial charge < -0.3 is 18.6 Å². The predicted octanol–water partition coefficient (Wildman–Crippen LogP) is 9.25. The number of allylic oxidation sites excluding steroid dienone is 3. The summed E-state index contributed by atoms with van der Waals surface area (Å²) < 4.78 is 11.3. The van der Waals surface area contributed by atoms with Gasteiger partial charge >= 0.3 is 7.48 Å². The number of para-hydroxylation sites is 5. The Balaban J connectivity index is 1.19. The third-order valence-electron chi connectivity index (χ3n) is 9.94. The van der Waals surface area contributed by atoms with Gasteiger partial charge in [0.15, 0.2) is 5.58 Å². The molecule has 3 heterocycles. The first-order chi connectivity index (χ1) is 23.8. The molecule has 226 valence electrons. The van der Waals surface area contributed by atoms with Crippen molar-refractivity contribution in [3.05, 3.63) is 162 Å². The first-order valence-electron chi connectivity index (χ1n) is 16.4. The largest absolute Gasteiger partial charge is 0.454 e. The number of benzene rings is 6. The molecule has 0 unspecified atom stereocenters. The second-order valence-electron chi connectivity index (χ2n) is 12.5. The van der Waals surface area contributed by atoms with E-state index >= 15 is 0 Å². The van der Waals surface area contributed by atoms with Crippen LogP contribution in [0.3, 0.4) is 0 Å². The molecule has 0 radical (unpaired) electrons. The van der Waals surface area contributed by atoms with Crippen molar-refractivity contribution >= 4 is 79.2 Å². The third-order valence-corrected chi connectivity index (χ3v) is 9.94. The normalized spacial score (nSPS) is 13.1. The van der Waals surface area contributed by atoms with Crippen LogP contribution in [0.5, 0.6) is 0 Å². The van der Waals surface area contributed by atoms with E-state index in [1.165, 1.54) is 49.6 Å². The zero-order valence-electron chi connectivity index (χ0n) is 26.1. The van der Waals surface area contributed by atoms with Crippen LogP contribution >= 0.6 is 0 Å². The molecule has 0 aliphatic heterocycles. The molecule has 1 aliphatic rings. The summed E-state index contributed by atoms with van der Waals surface area (Å²) in [6.07, 6.45) is 7.69. The number of fused-ring (bicyclic) bond motifs is 9. The summed E-state index contributed by atoms with van der Waals surface area (Å²) in [5.74, 6) is 0. The molecule has 0 saturated heterocycles. The van der Waals surface area contributed by atoms with Crippen molar-refractivity contribution in [2.75, 3.05) is 0 Å². The number of furan rings is 1. The second-order valence-corrected chi connectivity index (χ2v) is 12.5. The molecule has 48 heavy (non-hydrogen) atoms. The Morgan fingerprint density at radius 1 is 0.583 bits per heavy atom. The maximum Gasteiger partial charge on any atom is 0.308 e. The molecule has 4 nitrogen and oxygen atoms in total. The minimum atomic E-state index is -0.0642. The summed E-state index contributed by atoms with van der Waals surface area (Å²) in [4.78, 5) is 0. The van der Waals surface area contributed by atoms with Crippen LogP contribution < -0.4 is 5.46 Å². The van der Waals surface area contributed by atoms with Gasteiger partial charge in [-0.05, 0) is 65.1 Å². The SMILES string of the molecule is OBc1cccc2c1oc1c(-n3c4c(c5ccccc53)C=C(c3ccc5c(c3)c3ccccc3n5-c3ccccc3)C=CC4)cccc12. The summed E-state index contributed by atoms with van der Waals surface area (Å²) in [6, 6.07) is 47.2. The van der Waals surface area contributed by atoms with E-state index in [1.807, 2.05) is 12.1 Å². The number of hydrogen-bond donors (Lipinski definition) is 1. The van der Waals surface area contributed by atoms with Gasteiger partial charge in [-0.1, -0.05) is 103 Å². The highest BCUT2D eigenvalue weighted by Gasteiger charge is 2.22. The molecule has 0 atom stereocenters. The minimum absolute atomic E-state index is 0.0642. The highest BCUT2D eigenvalue weighted by molar-refractivity contribution is 6.50. The van der Waals surface area contributed by atoms with E-state index in [-0.39, 0.29) is 7.48 Å². The summed E-state index contributed by atoms with van der Waals surface area (Å²) in [7, 11) is -0.0642. The summed E-state index contributed by atoms with van der Waals surface area (Å²) >= 11 is 0. The lowest BCUT2D eigenvalue weighted by molar-refractivity contribution is 0.613. The van der Waals surface area contributed by atoms with Crippen molar-refractivity contribution in [2.45, 2.75) is 6.42 Å². The van der Waals surface area contributed by atoms with E-state index in [1.54, 1.807) is 0 Å². The first-order valence-corrected chi connectivity index (χ1v) is 16.4. The average Bonchev–Trinajstić information content (AvgIpc) is 3.73. The molecule has 0 saturated carbocycles. The van der Waals surface area contributed by atoms with E-state index in [0.717, 1.165) is 50.7 Å². The fourth-order valence-electron chi connectivity index (χ4n) is 7.81. The summed E-state index contributed by atoms with van der Waals surface area (Å²) in [5.41, 5.74) is 12.9. The number of nitrogens with zero attached hydrogens (tertiary/aromatic N) is 2. The maximum absolute atomic E-state index is 10.0. The van der Waals surface area contributed by atoms with Gasteiger partial charge in [-0.2, -0.15) is 0 Å². The van der Waals surface area contributed by atoms with Gasteiger partial charge in [0.2, 0.25) is 0 Å². The molecule has 5 heteroatoms. The van der Waals surface area contributed by atoms with Crippen LogP contribution in [0, 0.1) is 0 Å². The van der Waals surface area contributed by atoms with Crippen LogP contribution in [0.2, 0.25) is 0 Å². The van der Waals surface area contributed by atoms with Gasteiger partial charge in [0, 0.05) is 50.3 Å². The van der Waals surface area contributed by atoms with Crippen molar-refractivity contribution in [2.24, 2.45) is 0 Å². The van der Waals surface area contributed by atoms with Gasteiger partial charge in [0.05, 0.1) is 22.2 Å². The molecule has 0 fully saturated rings. The van der Waals surface area contributed by atoms with Crippen molar-refractivity contribution in [1.82, 2.24) is 9.13 Å². The lowest BCUT2D eigenvalue weighted by Crippen LogP contribution is -2.13. The smallest absolute Gasteiger partial charge is 0.308 e. The Morgan fingerprint density at radius 3 is 2.10 bits per heavy atom. The summed E-state index contributed by atoms with van der Waals surface area (Å²) in [6.45, 7) is 0. The Labute approximate surface area is 277 Å². The highest BCUT2D eigenvalue weighted by atomic mass is 16.3. The molecule has 9 aromatic rings. The quantitative estimate of drug-likeness (QED) is 0.200. The zero-order chi connectivity index (χ0) is 31.8. The van der Waals surface area contributed by atoms with E-state index in [9.17, 15) is 5.02 Å². The van der Waals surface area contributed by atoms with Gasteiger partial charge in [-0.15, -0.1) is 0 Å². The lowest BCUT2D eigenvalue weighted by Gasteiger charge is -2.11. The van der Waals surface area contributed by atoms with Gasteiger partial charge in [-0.3, -0.25) is 0 Å². The minimum Gasteiger partial charge on any atom is -0.454 e. The Morgan fingerprint density at radius 2 is 1.27 bits per heavy atom. The van der Waals surface area contributed by atoms with E-state index < -0.39 is 0 Å². The standard InChI is InChI=1S/C43H29BN2O2/c47-44-36-18-9-16-32-33-17-10-22-41(43(33)48-42(32)36)46-38-20-7-5-15-31(38)34-25-27(11-8-21-39(34)46)28-23-24-40-35(26-28)30-14-4-6-19-37(30)45(40)29-12-2-1-3-13-29/h1-20,22-26,44,47H,21H2. The van der Waals surface area contributed by atoms with Crippen LogP contribution in [0.1, 0.15) is 16.8 Å². The van der Waals surface area contributed by atoms with Gasteiger partial charge in [0.25, 0.3) is 0 Å². The second kappa shape index (κ2) is 10.5. The molecule has 0 bridgehead atoms. The van der Waals surface area contributed by atoms with Crippen LogP contribution in [0.25, 0.3) is 77.7 Å². The number of rotatable bonds is 4. The van der Waals surface area contributed by atoms with Crippen LogP contribution in [-0.2, 0) is 6.42 Å². The fraction of sp³-hybridized carbons (Fsp3) is 0.0233. The number of aromatic nitrogens is 2. The molecule has 1 N–H and O–H groups in total.